The van der Waals surface area contributed by atoms with E-state index in [1.165, 1.54) is 7.11 Å². The molecule has 0 unspecified atom stereocenters. The SMILES string of the molecule is CCC(=O)Nc1ccc(N2C(=S)N[C@@H](c3ccccn3)[C@@H]2c2ccc(-c3cccc(C(=O)OC)c3)o2)cc1C. The Kier molecular flexibility index (Phi) is 7.42. The third-order valence-electron chi connectivity index (χ3n) is 6.67. The van der Waals surface area contributed by atoms with E-state index in [1.54, 1.807) is 24.4 Å². The predicted molar refractivity (Wildman–Crippen MR) is 154 cm³/mol. The second-order valence-electron chi connectivity index (χ2n) is 9.17. The van der Waals surface area contributed by atoms with E-state index in [0.29, 0.717) is 28.6 Å². The first kappa shape index (κ1) is 26.1. The van der Waals surface area contributed by atoms with Gasteiger partial charge in [-0.2, -0.15) is 0 Å². The van der Waals surface area contributed by atoms with Crippen molar-refractivity contribution in [2.24, 2.45) is 0 Å². The number of amides is 1. The summed E-state index contributed by atoms with van der Waals surface area (Å²) in [5.41, 5.74) is 4.54. The highest BCUT2D eigenvalue weighted by atomic mass is 32.1. The Balaban J connectivity index is 1.55. The molecule has 9 heteroatoms. The predicted octanol–water partition coefficient (Wildman–Crippen LogP) is 5.96. The third-order valence-corrected chi connectivity index (χ3v) is 6.98. The molecule has 39 heavy (non-hydrogen) atoms. The van der Waals surface area contributed by atoms with Crippen LogP contribution in [0.5, 0.6) is 0 Å². The normalized spacial score (nSPS) is 16.6. The van der Waals surface area contributed by atoms with E-state index in [1.807, 2.05) is 73.3 Å². The van der Waals surface area contributed by atoms with Gasteiger partial charge in [-0.3, -0.25) is 9.78 Å². The zero-order chi connectivity index (χ0) is 27.5. The van der Waals surface area contributed by atoms with Crippen molar-refractivity contribution in [1.29, 1.82) is 0 Å². The maximum absolute atomic E-state index is 12.1. The standard InChI is InChI=1S/C30H28N4O4S/c1-4-26(35)32-22-12-11-21(16-18(22)2)34-28(27(33-30(34)39)23-10-5-6-15-31-23)25-14-13-24(38-25)19-8-7-9-20(17-19)29(36)37-3/h5-17,27-28H,4H2,1-3H3,(H,32,35)(H,33,39)/t27-,28-/m0/s1. The van der Waals surface area contributed by atoms with Gasteiger partial charge in [0.05, 0.1) is 24.4 Å². The molecule has 2 aromatic carbocycles. The smallest absolute Gasteiger partial charge is 0.337 e. The molecular formula is C30H28N4O4S. The number of pyridine rings is 1. The summed E-state index contributed by atoms with van der Waals surface area (Å²) in [5.74, 6) is 0.834. The van der Waals surface area contributed by atoms with Crippen LogP contribution in [0.1, 0.15) is 52.8 Å². The Bertz CT molecular complexity index is 1530. The molecule has 1 fully saturated rings. The van der Waals surface area contributed by atoms with Crippen molar-refractivity contribution < 1.29 is 18.7 Å². The van der Waals surface area contributed by atoms with E-state index >= 15 is 0 Å². The molecule has 0 radical (unpaired) electrons. The van der Waals surface area contributed by atoms with Gasteiger partial charge in [-0.25, -0.2) is 4.79 Å². The molecule has 198 valence electrons. The Morgan fingerprint density at radius 1 is 1.10 bits per heavy atom. The average Bonchev–Trinajstić information content (AvgIpc) is 3.59. The molecule has 1 saturated heterocycles. The lowest BCUT2D eigenvalue weighted by molar-refractivity contribution is -0.115. The van der Waals surface area contributed by atoms with Gasteiger partial charge in [0.25, 0.3) is 0 Å². The fourth-order valence-electron chi connectivity index (χ4n) is 4.68. The molecule has 0 saturated carbocycles. The van der Waals surface area contributed by atoms with E-state index in [4.69, 9.17) is 21.4 Å². The molecule has 5 rings (SSSR count). The van der Waals surface area contributed by atoms with Crippen LogP contribution < -0.4 is 15.5 Å². The number of hydrogen-bond acceptors (Lipinski definition) is 6. The number of nitrogens with zero attached hydrogens (tertiary/aromatic N) is 2. The van der Waals surface area contributed by atoms with E-state index < -0.39 is 5.97 Å². The van der Waals surface area contributed by atoms with Crippen LogP contribution in [0.2, 0.25) is 0 Å². The lowest BCUT2D eigenvalue weighted by atomic mass is 10.0. The van der Waals surface area contributed by atoms with Gasteiger partial charge in [0.15, 0.2) is 5.11 Å². The molecule has 2 N–H and O–H groups in total. The first-order valence-corrected chi connectivity index (χ1v) is 13.0. The molecule has 8 nitrogen and oxygen atoms in total. The molecule has 0 aliphatic carbocycles. The number of carbonyl (C=O) groups is 2. The topological polar surface area (TPSA) is 96.7 Å². The number of benzene rings is 2. The van der Waals surface area contributed by atoms with Crippen LogP contribution in [0.15, 0.2) is 83.4 Å². The van der Waals surface area contributed by atoms with Gasteiger partial charge >= 0.3 is 5.97 Å². The minimum Gasteiger partial charge on any atom is -0.465 e. The van der Waals surface area contributed by atoms with E-state index in [9.17, 15) is 9.59 Å². The van der Waals surface area contributed by atoms with Crippen LogP contribution in [-0.4, -0.2) is 29.1 Å². The average molecular weight is 541 g/mol. The van der Waals surface area contributed by atoms with Gasteiger partial charge in [0.1, 0.15) is 17.6 Å². The zero-order valence-electron chi connectivity index (χ0n) is 21.8. The summed E-state index contributed by atoms with van der Waals surface area (Å²) >= 11 is 5.83. The Morgan fingerprint density at radius 2 is 1.95 bits per heavy atom. The molecule has 1 aliphatic rings. The highest BCUT2D eigenvalue weighted by Gasteiger charge is 2.42. The Morgan fingerprint density at radius 3 is 2.67 bits per heavy atom. The first-order chi connectivity index (χ1) is 18.9. The maximum Gasteiger partial charge on any atom is 0.337 e. The van der Waals surface area contributed by atoms with Gasteiger partial charge in [0.2, 0.25) is 5.91 Å². The van der Waals surface area contributed by atoms with Gasteiger partial charge in [-0.05, 0) is 79.3 Å². The zero-order valence-corrected chi connectivity index (χ0v) is 22.6. The van der Waals surface area contributed by atoms with E-state index in [0.717, 1.165) is 28.2 Å². The van der Waals surface area contributed by atoms with Gasteiger partial charge in [-0.1, -0.05) is 25.1 Å². The van der Waals surface area contributed by atoms with Crippen LogP contribution >= 0.6 is 12.2 Å². The van der Waals surface area contributed by atoms with Crippen molar-refractivity contribution in [2.45, 2.75) is 32.4 Å². The van der Waals surface area contributed by atoms with Crippen molar-refractivity contribution in [2.75, 3.05) is 17.3 Å². The van der Waals surface area contributed by atoms with Crippen molar-refractivity contribution in [3.63, 3.8) is 0 Å². The molecule has 0 bridgehead atoms. The van der Waals surface area contributed by atoms with Gasteiger partial charge in [0, 0.05) is 29.6 Å². The number of aryl methyl sites for hydroxylation is 1. The summed E-state index contributed by atoms with van der Waals surface area (Å²) in [4.78, 5) is 30.6. The number of anilines is 2. The third kappa shape index (κ3) is 5.26. The number of aromatic nitrogens is 1. The van der Waals surface area contributed by atoms with Crippen LogP contribution in [0, 0.1) is 6.92 Å². The number of hydrogen-bond donors (Lipinski definition) is 2. The molecule has 1 aliphatic heterocycles. The summed E-state index contributed by atoms with van der Waals surface area (Å²) in [6.07, 6.45) is 2.15. The number of nitrogens with one attached hydrogen (secondary N) is 2. The number of thiocarbonyl (C=S) groups is 1. The van der Waals surface area contributed by atoms with Crippen molar-refractivity contribution in [3.05, 3.63) is 102 Å². The molecule has 4 aromatic rings. The molecule has 3 heterocycles. The van der Waals surface area contributed by atoms with Crippen LogP contribution in [0.4, 0.5) is 11.4 Å². The molecular weight excluding hydrogens is 512 g/mol. The first-order valence-electron chi connectivity index (χ1n) is 12.6. The van der Waals surface area contributed by atoms with Crippen LogP contribution in [0.25, 0.3) is 11.3 Å². The summed E-state index contributed by atoms with van der Waals surface area (Å²) < 4.78 is 11.3. The molecule has 2 aromatic heterocycles. The van der Waals surface area contributed by atoms with E-state index in [-0.39, 0.29) is 18.0 Å². The number of ether oxygens (including phenoxy) is 1. The van der Waals surface area contributed by atoms with Crippen LogP contribution in [-0.2, 0) is 9.53 Å². The quantitative estimate of drug-likeness (QED) is 0.219. The number of rotatable bonds is 7. The lowest BCUT2D eigenvalue weighted by Gasteiger charge is -2.26. The second-order valence-corrected chi connectivity index (χ2v) is 9.56. The van der Waals surface area contributed by atoms with Gasteiger partial charge in [-0.15, -0.1) is 0 Å². The Hall–Kier alpha value is -4.50. The fraction of sp³-hybridized carbons (Fsp3) is 0.200. The second kappa shape index (κ2) is 11.1. The van der Waals surface area contributed by atoms with Gasteiger partial charge < -0.3 is 24.7 Å². The molecule has 0 spiro atoms. The van der Waals surface area contributed by atoms with Crippen molar-refractivity contribution in [1.82, 2.24) is 10.3 Å². The minimum absolute atomic E-state index is 0.0447. The summed E-state index contributed by atoms with van der Waals surface area (Å²) in [7, 11) is 1.36. The number of methoxy groups -OCH3 is 1. The highest BCUT2D eigenvalue weighted by Crippen LogP contribution is 2.43. The Labute approximate surface area is 232 Å². The summed E-state index contributed by atoms with van der Waals surface area (Å²) in [5, 5.41) is 6.90. The summed E-state index contributed by atoms with van der Waals surface area (Å²) in [6, 6.07) is 21.9. The van der Waals surface area contributed by atoms with Crippen molar-refractivity contribution >= 4 is 40.6 Å². The maximum atomic E-state index is 12.1. The van der Waals surface area contributed by atoms with E-state index in [2.05, 4.69) is 15.6 Å². The minimum atomic E-state index is -0.413. The number of furan rings is 1. The summed E-state index contributed by atoms with van der Waals surface area (Å²) in [6.45, 7) is 3.77. The number of esters is 1. The fourth-order valence-corrected chi connectivity index (χ4v) is 5.03. The highest BCUT2D eigenvalue weighted by molar-refractivity contribution is 7.80. The number of carbonyl (C=O) groups excluding carboxylic acids is 2. The lowest BCUT2D eigenvalue weighted by Crippen LogP contribution is -2.29. The largest absolute Gasteiger partial charge is 0.465 e. The monoisotopic (exact) mass is 540 g/mol. The molecule has 1 amide bonds. The van der Waals surface area contributed by atoms with Crippen molar-refractivity contribution in [3.8, 4) is 11.3 Å². The molecule has 2 atom stereocenters. The van der Waals surface area contributed by atoms with Crippen LogP contribution in [0.3, 0.4) is 0 Å².